The minimum atomic E-state index is -3.69. The summed E-state index contributed by atoms with van der Waals surface area (Å²) in [5.74, 6) is -4.45. The molecule has 1 fully saturated rings. The average molecular weight is 865 g/mol. The highest BCUT2D eigenvalue weighted by molar-refractivity contribution is 7.85. The van der Waals surface area contributed by atoms with Crippen LogP contribution in [0.25, 0.3) is 0 Å². The van der Waals surface area contributed by atoms with Gasteiger partial charge in [0.15, 0.2) is 14.3 Å². The number of aryl methyl sites for hydroxylation is 8. The molecule has 6 aromatic rings. The normalized spacial score (nSPS) is 17.6. The van der Waals surface area contributed by atoms with Gasteiger partial charge in [0.2, 0.25) is 0 Å². The second-order valence-corrected chi connectivity index (χ2v) is 22.8. The molecule has 0 heterocycles. The van der Waals surface area contributed by atoms with Gasteiger partial charge in [0.25, 0.3) is 0 Å². The molecule has 0 bridgehead atoms. The smallest absolute Gasteiger partial charge is 0.310 e. The van der Waals surface area contributed by atoms with Crippen LogP contribution >= 0.6 is 14.3 Å². The molecule has 4 atom stereocenters. The number of ether oxygens (including phenoxy) is 2. The van der Waals surface area contributed by atoms with E-state index in [0.29, 0.717) is 43.0 Å². The van der Waals surface area contributed by atoms with Crippen LogP contribution in [-0.4, -0.2) is 25.2 Å². The van der Waals surface area contributed by atoms with E-state index >= 15 is 9.13 Å². The Kier molecular flexibility index (Phi) is 12.9. The molecule has 0 saturated heterocycles. The molecule has 1 aliphatic carbocycles. The number of esters is 2. The summed E-state index contributed by atoms with van der Waals surface area (Å²) >= 11 is 0. The number of carbonyl (C=O) groups excluding carboxylic acids is 2. The minimum Gasteiger partial charge on any atom is -0.466 e. The third kappa shape index (κ3) is 8.21. The zero-order valence-electron chi connectivity index (χ0n) is 37.6. The van der Waals surface area contributed by atoms with Gasteiger partial charge in [-0.3, -0.25) is 9.59 Å². The molecule has 62 heavy (non-hydrogen) atoms. The SMILES string of the molecule is CCOC(=O)[C@H]1[C@H](C(=O)OCC)[C@H](c2ccccc2P(=O)(c2cc(C)cc(C)c2)c2cc(C)cc(C)c2)[C@H]1c1ccccc1P(=O)(c1cc(C)cc(C)c1)c1cc(C)cc(C)c1. The van der Waals surface area contributed by atoms with Crippen molar-refractivity contribution in [2.45, 2.75) is 81.1 Å². The van der Waals surface area contributed by atoms with Crippen molar-refractivity contribution in [2.24, 2.45) is 11.8 Å². The zero-order chi connectivity index (χ0) is 44.7. The third-order valence-corrected chi connectivity index (χ3v) is 18.3. The summed E-state index contributed by atoms with van der Waals surface area (Å²) in [6.45, 7) is 19.8. The Morgan fingerprint density at radius 1 is 0.419 bits per heavy atom. The predicted octanol–water partition coefficient (Wildman–Crippen LogP) is 9.67. The molecule has 7 rings (SSSR count). The molecule has 8 heteroatoms. The molecule has 0 amide bonds. The Morgan fingerprint density at radius 2 is 0.661 bits per heavy atom. The molecule has 0 N–H and O–H groups in total. The Bertz CT molecular complexity index is 2420. The van der Waals surface area contributed by atoms with Gasteiger partial charge in [-0.2, -0.15) is 0 Å². The summed E-state index contributed by atoms with van der Waals surface area (Å²) in [5, 5.41) is 3.93. The van der Waals surface area contributed by atoms with Crippen LogP contribution in [0, 0.1) is 67.2 Å². The Morgan fingerprint density at radius 3 is 0.903 bits per heavy atom. The fraction of sp³-hybridized carbons (Fsp3) is 0.296. The monoisotopic (exact) mass is 864 g/mol. The van der Waals surface area contributed by atoms with Crippen molar-refractivity contribution in [1.82, 2.24) is 0 Å². The molecule has 320 valence electrons. The van der Waals surface area contributed by atoms with E-state index in [-0.39, 0.29) is 13.2 Å². The molecule has 0 spiro atoms. The maximum absolute atomic E-state index is 16.7. The quantitative estimate of drug-likeness (QED) is 0.0900. The summed E-state index contributed by atoms with van der Waals surface area (Å²) in [6.07, 6.45) is 0. The van der Waals surface area contributed by atoms with Crippen molar-refractivity contribution in [2.75, 3.05) is 13.2 Å². The van der Waals surface area contributed by atoms with E-state index in [1.807, 2.05) is 152 Å². The maximum atomic E-state index is 16.7. The lowest BCUT2D eigenvalue weighted by molar-refractivity contribution is -0.171. The predicted molar refractivity (Wildman–Crippen MR) is 255 cm³/mol. The fourth-order valence-electron chi connectivity index (χ4n) is 10.1. The summed E-state index contributed by atoms with van der Waals surface area (Å²) in [5.41, 5.74) is 9.23. The van der Waals surface area contributed by atoms with Gasteiger partial charge in [-0.15, -0.1) is 0 Å². The number of hydrogen-bond donors (Lipinski definition) is 0. The van der Waals surface area contributed by atoms with Gasteiger partial charge >= 0.3 is 11.9 Å². The second-order valence-electron chi connectivity index (χ2n) is 17.3. The van der Waals surface area contributed by atoms with Crippen LogP contribution in [0.4, 0.5) is 0 Å². The van der Waals surface area contributed by atoms with E-state index < -0.39 is 49.9 Å². The standard InChI is InChI=1S/C54H58O6P2/c1-11-59-53(55)51-49(45-17-13-15-19-47(45)61(57,41-25-33(3)21-34(4)26-41)42-27-35(5)22-36(6)28-42)50(52(51)54(56)60-12-2)46-18-14-16-20-48(46)62(58,43-29-37(7)23-38(8)30-43)44-31-39(9)24-40(10)32-44/h13-32,49-52H,11-12H2,1-10H3/t49-,50-,51-,52-/m1/s1. The summed E-state index contributed by atoms with van der Waals surface area (Å²) < 4.78 is 45.1. The van der Waals surface area contributed by atoms with E-state index in [0.717, 1.165) is 44.5 Å². The van der Waals surface area contributed by atoms with Crippen LogP contribution in [0.1, 0.15) is 81.3 Å². The van der Waals surface area contributed by atoms with Crippen LogP contribution in [0.15, 0.2) is 121 Å². The molecular formula is C54H58O6P2. The molecule has 0 aliphatic heterocycles. The van der Waals surface area contributed by atoms with Gasteiger partial charge in [0.1, 0.15) is 0 Å². The van der Waals surface area contributed by atoms with Crippen molar-refractivity contribution < 1.29 is 28.2 Å². The first-order valence-corrected chi connectivity index (χ1v) is 25.0. The van der Waals surface area contributed by atoms with E-state index in [2.05, 4.69) is 24.3 Å². The van der Waals surface area contributed by atoms with Gasteiger partial charge in [-0.1, -0.05) is 117 Å². The van der Waals surface area contributed by atoms with E-state index in [9.17, 15) is 9.59 Å². The van der Waals surface area contributed by atoms with Crippen molar-refractivity contribution >= 4 is 58.0 Å². The minimum absolute atomic E-state index is 0.110. The van der Waals surface area contributed by atoms with Gasteiger partial charge in [-0.05, 0) is 129 Å². The lowest BCUT2D eigenvalue weighted by Crippen LogP contribution is -2.54. The lowest BCUT2D eigenvalue weighted by atomic mass is 9.52. The first-order chi connectivity index (χ1) is 29.5. The second kappa shape index (κ2) is 17.8. The Balaban J connectivity index is 1.58. The van der Waals surface area contributed by atoms with E-state index in [1.54, 1.807) is 13.8 Å². The van der Waals surface area contributed by atoms with E-state index in [4.69, 9.17) is 9.47 Å². The molecule has 6 aromatic carbocycles. The van der Waals surface area contributed by atoms with Gasteiger partial charge in [0.05, 0.1) is 25.0 Å². The topological polar surface area (TPSA) is 86.7 Å². The van der Waals surface area contributed by atoms with Crippen LogP contribution < -0.4 is 31.8 Å². The zero-order valence-corrected chi connectivity index (χ0v) is 39.4. The van der Waals surface area contributed by atoms with Crippen LogP contribution in [0.3, 0.4) is 0 Å². The maximum Gasteiger partial charge on any atom is 0.310 e. The van der Waals surface area contributed by atoms with Crippen LogP contribution in [0.2, 0.25) is 0 Å². The molecule has 0 radical (unpaired) electrons. The first-order valence-electron chi connectivity index (χ1n) is 21.6. The highest BCUT2D eigenvalue weighted by Crippen LogP contribution is 2.61. The average Bonchev–Trinajstić information content (AvgIpc) is 3.19. The third-order valence-electron chi connectivity index (χ3n) is 12.2. The molecule has 6 nitrogen and oxygen atoms in total. The summed E-state index contributed by atoms with van der Waals surface area (Å²) in [4.78, 5) is 29.0. The van der Waals surface area contributed by atoms with Crippen molar-refractivity contribution in [3.63, 3.8) is 0 Å². The van der Waals surface area contributed by atoms with Crippen LogP contribution in [-0.2, 0) is 28.2 Å². The first kappa shape index (κ1) is 44.8. The molecule has 0 unspecified atom stereocenters. The molecular weight excluding hydrogens is 807 g/mol. The Labute approximate surface area is 367 Å². The van der Waals surface area contributed by atoms with Crippen molar-refractivity contribution in [3.05, 3.63) is 177 Å². The largest absolute Gasteiger partial charge is 0.466 e. The van der Waals surface area contributed by atoms with Crippen molar-refractivity contribution in [1.29, 1.82) is 0 Å². The number of hydrogen-bond acceptors (Lipinski definition) is 6. The fourth-order valence-corrected chi connectivity index (χ4v) is 16.6. The molecule has 1 saturated carbocycles. The molecule has 1 aliphatic rings. The van der Waals surface area contributed by atoms with Gasteiger partial charge in [0, 0.05) is 43.7 Å². The highest BCUT2D eigenvalue weighted by atomic mass is 31.2. The van der Waals surface area contributed by atoms with Crippen molar-refractivity contribution in [3.8, 4) is 0 Å². The van der Waals surface area contributed by atoms with E-state index in [1.165, 1.54) is 0 Å². The number of rotatable bonds is 12. The highest BCUT2D eigenvalue weighted by Gasteiger charge is 2.61. The van der Waals surface area contributed by atoms with Gasteiger partial charge in [-0.25, -0.2) is 0 Å². The van der Waals surface area contributed by atoms with Gasteiger partial charge < -0.3 is 18.6 Å². The lowest BCUT2D eigenvalue weighted by Gasteiger charge is -2.51. The number of benzene rings is 6. The number of carbonyl (C=O) groups is 2. The summed E-state index contributed by atoms with van der Waals surface area (Å²) in [7, 11) is -7.37. The Hall–Kier alpha value is -5.28. The molecule has 0 aromatic heterocycles. The summed E-state index contributed by atoms with van der Waals surface area (Å²) in [6, 6.07) is 39.7. The van der Waals surface area contributed by atoms with Crippen LogP contribution in [0.5, 0.6) is 0 Å².